The van der Waals surface area contributed by atoms with Crippen LogP contribution in [0.15, 0.2) is 5.38 Å². The molecule has 9 heteroatoms. The maximum absolute atomic E-state index is 12.9. The van der Waals surface area contributed by atoms with E-state index in [4.69, 9.17) is 14.2 Å². The van der Waals surface area contributed by atoms with Gasteiger partial charge in [-0.05, 0) is 39.8 Å². The number of ether oxygens (including phenoxy) is 3. The first kappa shape index (κ1) is 22.0. The van der Waals surface area contributed by atoms with Gasteiger partial charge in [-0.1, -0.05) is 0 Å². The van der Waals surface area contributed by atoms with Crippen molar-refractivity contribution in [3.8, 4) is 0 Å². The van der Waals surface area contributed by atoms with Crippen molar-refractivity contribution in [2.75, 3.05) is 72.0 Å². The molecule has 0 saturated carbocycles. The summed E-state index contributed by atoms with van der Waals surface area (Å²) in [4.78, 5) is 21.5. The number of morpholine rings is 1. The zero-order valence-electron chi connectivity index (χ0n) is 18.1. The number of rotatable bonds is 7. The van der Waals surface area contributed by atoms with Crippen LogP contribution in [0.1, 0.15) is 36.2 Å². The van der Waals surface area contributed by atoms with Crippen molar-refractivity contribution in [3.63, 3.8) is 0 Å². The van der Waals surface area contributed by atoms with Gasteiger partial charge in [0, 0.05) is 50.2 Å². The average molecular weight is 439 g/mol. The molecule has 168 valence electrons. The Balaban J connectivity index is 1.25. The second-order valence-electron chi connectivity index (χ2n) is 9.00. The molecule has 2 atom stereocenters. The number of carbonyl (C=O) groups is 1. The summed E-state index contributed by atoms with van der Waals surface area (Å²) >= 11 is 1.48. The van der Waals surface area contributed by atoms with Gasteiger partial charge in [0.25, 0.3) is 5.91 Å². The van der Waals surface area contributed by atoms with Crippen LogP contribution in [-0.2, 0) is 14.2 Å². The van der Waals surface area contributed by atoms with Gasteiger partial charge in [0.05, 0.1) is 25.4 Å². The minimum Gasteiger partial charge on any atom is -0.381 e. The molecule has 0 aromatic carbocycles. The fraction of sp³-hybridized carbons (Fsp3) is 0.810. The number of thiazole rings is 1. The third-order valence-corrected chi connectivity index (χ3v) is 7.17. The largest absolute Gasteiger partial charge is 0.381 e. The van der Waals surface area contributed by atoms with Gasteiger partial charge < -0.3 is 29.3 Å². The quantitative estimate of drug-likeness (QED) is 0.697. The van der Waals surface area contributed by atoms with Crippen LogP contribution in [0.5, 0.6) is 0 Å². The number of carbonyl (C=O) groups excluding carboxylic acids is 1. The summed E-state index contributed by atoms with van der Waals surface area (Å²) in [5.74, 6) is -0.00396. The molecule has 0 bridgehead atoms. The van der Waals surface area contributed by atoms with Crippen LogP contribution in [0.25, 0.3) is 0 Å². The topological polar surface area (TPSA) is 76.2 Å². The van der Waals surface area contributed by atoms with E-state index in [1.54, 1.807) is 0 Å². The summed E-state index contributed by atoms with van der Waals surface area (Å²) in [6.45, 7) is 6.05. The summed E-state index contributed by atoms with van der Waals surface area (Å²) in [6, 6.07) is 0. The van der Waals surface area contributed by atoms with Crippen LogP contribution in [0.4, 0.5) is 5.13 Å². The molecule has 3 aliphatic heterocycles. The van der Waals surface area contributed by atoms with Crippen LogP contribution >= 0.6 is 11.3 Å². The van der Waals surface area contributed by atoms with Gasteiger partial charge in [-0.2, -0.15) is 0 Å². The monoisotopic (exact) mass is 438 g/mol. The predicted octanol–water partition coefficient (Wildman–Crippen LogP) is 1.93. The lowest BCUT2D eigenvalue weighted by molar-refractivity contribution is -0.0271. The van der Waals surface area contributed by atoms with E-state index in [-0.39, 0.29) is 18.1 Å². The Hall–Kier alpha value is -1.26. The molecule has 1 aromatic heterocycles. The van der Waals surface area contributed by atoms with Gasteiger partial charge in [-0.3, -0.25) is 4.79 Å². The standard InChI is InChI=1S/C21H34N4O4S/c1-24(2)6-3-16-13-25(7-10-28-16)19(26)18-14-30-20(23-18)22-12-17-11-21(15-29-17)4-8-27-9-5-21/h14,16-17H,3-13,15H2,1-2H3,(H,22,23). The number of anilines is 1. The second kappa shape index (κ2) is 9.91. The molecule has 2 unspecified atom stereocenters. The van der Waals surface area contributed by atoms with E-state index in [2.05, 4.69) is 29.3 Å². The summed E-state index contributed by atoms with van der Waals surface area (Å²) < 4.78 is 17.4. The lowest BCUT2D eigenvalue weighted by Crippen LogP contribution is -2.46. The number of nitrogens with zero attached hydrogens (tertiary/aromatic N) is 3. The molecule has 1 N–H and O–H groups in total. The van der Waals surface area contributed by atoms with E-state index >= 15 is 0 Å². The Morgan fingerprint density at radius 1 is 1.30 bits per heavy atom. The van der Waals surface area contributed by atoms with Crippen molar-refractivity contribution in [1.29, 1.82) is 0 Å². The number of amides is 1. The molecule has 3 aliphatic rings. The molecule has 1 spiro atoms. The highest BCUT2D eigenvalue weighted by Gasteiger charge is 2.41. The molecule has 4 heterocycles. The normalized spacial score (nSPS) is 26.4. The fourth-order valence-corrected chi connectivity index (χ4v) is 5.17. The highest BCUT2D eigenvalue weighted by atomic mass is 32.1. The number of hydrogen-bond acceptors (Lipinski definition) is 8. The minimum atomic E-state index is -0.00396. The molecule has 1 aromatic rings. The van der Waals surface area contributed by atoms with Crippen LogP contribution in [-0.4, -0.2) is 99.6 Å². The first-order valence-corrected chi connectivity index (χ1v) is 11.9. The van der Waals surface area contributed by atoms with Crippen molar-refractivity contribution in [2.45, 2.75) is 37.9 Å². The van der Waals surface area contributed by atoms with Gasteiger partial charge in [-0.15, -0.1) is 11.3 Å². The second-order valence-corrected chi connectivity index (χ2v) is 9.86. The van der Waals surface area contributed by atoms with Crippen LogP contribution in [0.2, 0.25) is 0 Å². The smallest absolute Gasteiger partial charge is 0.273 e. The molecule has 30 heavy (non-hydrogen) atoms. The molecule has 3 saturated heterocycles. The molecule has 4 rings (SSSR count). The Bertz CT molecular complexity index is 707. The van der Waals surface area contributed by atoms with Crippen molar-refractivity contribution in [2.24, 2.45) is 5.41 Å². The van der Waals surface area contributed by atoms with Crippen molar-refractivity contribution in [1.82, 2.24) is 14.8 Å². The van der Waals surface area contributed by atoms with E-state index < -0.39 is 0 Å². The van der Waals surface area contributed by atoms with E-state index in [0.717, 1.165) is 63.7 Å². The Labute approximate surface area is 182 Å². The molecule has 0 radical (unpaired) electrons. The Kier molecular flexibility index (Phi) is 7.25. The van der Waals surface area contributed by atoms with E-state index in [9.17, 15) is 4.79 Å². The zero-order valence-corrected chi connectivity index (χ0v) is 18.9. The zero-order chi connectivity index (χ0) is 21.0. The van der Waals surface area contributed by atoms with Gasteiger partial charge in [-0.25, -0.2) is 4.98 Å². The van der Waals surface area contributed by atoms with Crippen LogP contribution < -0.4 is 5.32 Å². The summed E-state index contributed by atoms with van der Waals surface area (Å²) in [5, 5.41) is 6.01. The third kappa shape index (κ3) is 5.50. The first-order chi connectivity index (χ1) is 14.5. The molecular weight excluding hydrogens is 404 g/mol. The summed E-state index contributed by atoms with van der Waals surface area (Å²) in [5.41, 5.74) is 0.817. The molecule has 8 nitrogen and oxygen atoms in total. The molecule has 1 amide bonds. The van der Waals surface area contributed by atoms with Crippen molar-refractivity contribution >= 4 is 22.4 Å². The van der Waals surface area contributed by atoms with Gasteiger partial charge in [0.15, 0.2) is 5.13 Å². The highest BCUT2D eigenvalue weighted by Crippen LogP contribution is 2.41. The number of aromatic nitrogens is 1. The predicted molar refractivity (Wildman–Crippen MR) is 116 cm³/mol. The number of nitrogens with one attached hydrogen (secondary N) is 1. The first-order valence-electron chi connectivity index (χ1n) is 11.0. The van der Waals surface area contributed by atoms with Crippen LogP contribution in [0.3, 0.4) is 0 Å². The van der Waals surface area contributed by atoms with Crippen molar-refractivity contribution < 1.29 is 19.0 Å². The minimum absolute atomic E-state index is 0.00396. The maximum atomic E-state index is 12.9. The van der Waals surface area contributed by atoms with Gasteiger partial charge >= 0.3 is 0 Å². The number of hydrogen-bond donors (Lipinski definition) is 1. The van der Waals surface area contributed by atoms with E-state index in [0.29, 0.717) is 30.8 Å². The van der Waals surface area contributed by atoms with Crippen LogP contribution in [0, 0.1) is 5.41 Å². The van der Waals surface area contributed by atoms with Gasteiger partial charge in [0.2, 0.25) is 0 Å². The van der Waals surface area contributed by atoms with E-state index in [1.165, 1.54) is 11.3 Å². The lowest BCUT2D eigenvalue weighted by Gasteiger charge is -2.33. The Morgan fingerprint density at radius 3 is 2.93 bits per heavy atom. The SMILES string of the molecule is CN(C)CCC1CN(C(=O)c2csc(NCC3CC4(CCOCC4)CO3)n2)CCO1. The summed E-state index contributed by atoms with van der Waals surface area (Å²) in [6.07, 6.45) is 4.47. The highest BCUT2D eigenvalue weighted by molar-refractivity contribution is 7.13. The van der Waals surface area contributed by atoms with E-state index in [1.807, 2.05) is 10.3 Å². The van der Waals surface area contributed by atoms with Crippen molar-refractivity contribution in [3.05, 3.63) is 11.1 Å². The maximum Gasteiger partial charge on any atom is 0.273 e. The molecular formula is C21H34N4O4S. The van der Waals surface area contributed by atoms with Gasteiger partial charge in [0.1, 0.15) is 5.69 Å². The fourth-order valence-electron chi connectivity index (χ4n) is 4.48. The Morgan fingerprint density at radius 2 is 2.13 bits per heavy atom. The molecule has 0 aliphatic carbocycles. The summed E-state index contributed by atoms with van der Waals surface area (Å²) in [7, 11) is 4.10. The third-order valence-electron chi connectivity index (χ3n) is 6.37. The molecule has 3 fully saturated rings. The average Bonchev–Trinajstić information content (AvgIpc) is 3.38. The lowest BCUT2D eigenvalue weighted by atomic mass is 9.78.